The lowest BCUT2D eigenvalue weighted by molar-refractivity contribution is 0.628. The van der Waals surface area contributed by atoms with E-state index in [4.69, 9.17) is 0 Å². The molecule has 0 radical (unpaired) electrons. The van der Waals surface area contributed by atoms with Crippen molar-refractivity contribution in [3.63, 3.8) is 0 Å². The maximum Gasteiger partial charge on any atom is 0.274 e. The molecule has 1 aliphatic heterocycles. The van der Waals surface area contributed by atoms with Crippen molar-refractivity contribution < 1.29 is 4.39 Å². The molecule has 1 aliphatic rings. The van der Waals surface area contributed by atoms with E-state index in [-0.39, 0.29) is 11.4 Å². The molecule has 7 nitrogen and oxygen atoms in total. The van der Waals surface area contributed by atoms with Crippen LogP contribution in [0.1, 0.15) is 16.8 Å². The van der Waals surface area contributed by atoms with E-state index in [2.05, 4.69) is 31.3 Å². The Bertz CT molecular complexity index is 1300. The number of aryl methyl sites for hydroxylation is 1. The van der Waals surface area contributed by atoms with E-state index in [0.717, 1.165) is 47.0 Å². The summed E-state index contributed by atoms with van der Waals surface area (Å²) in [5, 5.41) is 7.83. The molecule has 0 atom stereocenters. The van der Waals surface area contributed by atoms with Gasteiger partial charge in [-0.3, -0.25) is 9.78 Å². The van der Waals surface area contributed by atoms with Crippen molar-refractivity contribution in [2.24, 2.45) is 0 Å². The minimum Gasteiger partial charge on any atom is -0.354 e. The van der Waals surface area contributed by atoms with Gasteiger partial charge in [-0.1, -0.05) is 0 Å². The summed E-state index contributed by atoms with van der Waals surface area (Å²) < 4.78 is 14.5. The Hall–Kier alpha value is -3.81. The van der Waals surface area contributed by atoms with E-state index in [1.165, 1.54) is 28.9 Å². The number of benzene rings is 1. The van der Waals surface area contributed by atoms with Crippen LogP contribution in [-0.2, 0) is 13.0 Å². The van der Waals surface area contributed by atoms with Crippen LogP contribution in [0.5, 0.6) is 0 Å². The van der Waals surface area contributed by atoms with Crippen molar-refractivity contribution in [3.8, 4) is 0 Å². The van der Waals surface area contributed by atoms with Crippen molar-refractivity contribution in [3.05, 3.63) is 87.9 Å². The summed E-state index contributed by atoms with van der Waals surface area (Å²) in [6, 6.07) is 11.6. The predicted octanol–water partition coefficient (Wildman–Crippen LogP) is 3.24. The molecule has 0 spiro atoms. The molecule has 1 N–H and O–H groups in total. The first kappa shape index (κ1) is 18.2. The normalized spacial score (nSPS) is 13.3. The Labute approximate surface area is 171 Å². The third-order valence-corrected chi connectivity index (χ3v) is 5.21. The van der Waals surface area contributed by atoms with Gasteiger partial charge in [-0.05, 0) is 54.4 Å². The Morgan fingerprint density at radius 2 is 1.90 bits per heavy atom. The molecule has 4 heterocycles. The monoisotopic (exact) mass is 402 g/mol. The fraction of sp³-hybridized carbons (Fsp3) is 0.182. The van der Waals surface area contributed by atoms with Crippen LogP contribution >= 0.6 is 0 Å². The first-order valence-corrected chi connectivity index (χ1v) is 9.68. The SMILES string of the molecule is Cc1cc2nccc(=O)n2nc1N1CCc2ncc(Nc3ccc(F)cc3)cc2C1. The predicted molar refractivity (Wildman–Crippen MR) is 113 cm³/mol. The molecule has 30 heavy (non-hydrogen) atoms. The highest BCUT2D eigenvalue weighted by Gasteiger charge is 2.21. The van der Waals surface area contributed by atoms with Gasteiger partial charge >= 0.3 is 0 Å². The average Bonchev–Trinajstić information content (AvgIpc) is 2.75. The molecule has 0 unspecified atom stereocenters. The Morgan fingerprint density at radius 3 is 2.73 bits per heavy atom. The zero-order valence-corrected chi connectivity index (χ0v) is 16.3. The van der Waals surface area contributed by atoms with Gasteiger partial charge in [0.15, 0.2) is 11.5 Å². The lowest BCUT2D eigenvalue weighted by Gasteiger charge is -2.30. The number of pyridine rings is 1. The second kappa shape index (κ2) is 7.22. The second-order valence-electron chi connectivity index (χ2n) is 7.34. The average molecular weight is 402 g/mol. The summed E-state index contributed by atoms with van der Waals surface area (Å²) in [4.78, 5) is 23.1. The van der Waals surface area contributed by atoms with Gasteiger partial charge in [0.05, 0.1) is 11.9 Å². The number of aromatic nitrogens is 4. The molecule has 0 fully saturated rings. The second-order valence-corrected chi connectivity index (χ2v) is 7.34. The third kappa shape index (κ3) is 3.36. The molecule has 150 valence electrons. The quantitative estimate of drug-likeness (QED) is 0.567. The smallest absolute Gasteiger partial charge is 0.274 e. The molecule has 1 aromatic carbocycles. The Morgan fingerprint density at radius 1 is 1.07 bits per heavy atom. The van der Waals surface area contributed by atoms with E-state index in [0.29, 0.717) is 12.2 Å². The fourth-order valence-electron chi connectivity index (χ4n) is 3.73. The van der Waals surface area contributed by atoms with Gasteiger partial charge < -0.3 is 10.2 Å². The maximum atomic E-state index is 13.1. The van der Waals surface area contributed by atoms with Crippen LogP contribution in [0.4, 0.5) is 21.6 Å². The highest BCUT2D eigenvalue weighted by atomic mass is 19.1. The molecule has 4 aromatic rings. The number of nitrogens with one attached hydrogen (secondary N) is 1. The van der Waals surface area contributed by atoms with Crippen LogP contribution in [0.25, 0.3) is 5.65 Å². The van der Waals surface area contributed by atoms with Gasteiger partial charge in [0.2, 0.25) is 0 Å². The van der Waals surface area contributed by atoms with E-state index >= 15 is 0 Å². The number of fused-ring (bicyclic) bond motifs is 2. The number of anilines is 3. The van der Waals surface area contributed by atoms with Crippen LogP contribution < -0.4 is 15.8 Å². The highest BCUT2D eigenvalue weighted by Crippen LogP contribution is 2.27. The van der Waals surface area contributed by atoms with E-state index in [9.17, 15) is 9.18 Å². The van der Waals surface area contributed by atoms with Crippen LogP contribution in [0.3, 0.4) is 0 Å². The van der Waals surface area contributed by atoms with Crippen molar-refractivity contribution in [2.75, 3.05) is 16.8 Å². The maximum absolute atomic E-state index is 13.1. The first-order valence-electron chi connectivity index (χ1n) is 9.68. The molecule has 0 amide bonds. The van der Waals surface area contributed by atoms with Crippen molar-refractivity contribution >= 4 is 22.8 Å². The molecule has 0 saturated heterocycles. The topological polar surface area (TPSA) is 75.4 Å². The molecular formula is C22H19FN6O. The standard InChI is InChI=1S/C22H19FN6O/c1-14-10-20-24-8-6-21(30)29(20)27-22(14)28-9-7-19-15(13-28)11-18(12-25-19)26-17-4-2-16(23)3-5-17/h2-6,8,10-12,26H,7,9,13H2,1H3. The number of halogens is 1. The Kier molecular flexibility index (Phi) is 4.39. The lowest BCUT2D eigenvalue weighted by Crippen LogP contribution is -2.33. The minimum absolute atomic E-state index is 0.203. The van der Waals surface area contributed by atoms with E-state index < -0.39 is 0 Å². The van der Waals surface area contributed by atoms with Gasteiger partial charge in [0.1, 0.15) is 5.82 Å². The van der Waals surface area contributed by atoms with Gasteiger partial charge in [0.25, 0.3) is 5.56 Å². The summed E-state index contributed by atoms with van der Waals surface area (Å²) in [7, 11) is 0. The third-order valence-electron chi connectivity index (χ3n) is 5.21. The van der Waals surface area contributed by atoms with Crippen LogP contribution in [0, 0.1) is 12.7 Å². The van der Waals surface area contributed by atoms with Crippen molar-refractivity contribution in [2.45, 2.75) is 19.9 Å². The van der Waals surface area contributed by atoms with Crippen LogP contribution in [0.15, 0.2) is 59.7 Å². The largest absolute Gasteiger partial charge is 0.354 e. The number of rotatable bonds is 3. The van der Waals surface area contributed by atoms with Gasteiger partial charge in [-0.2, -0.15) is 4.52 Å². The Balaban J connectivity index is 1.45. The summed E-state index contributed by atoms with van der Waals surface area (Å²) >= 11 is 0. The van der Waals surface area contributed by atoms with Gasteiger partial charge in [0, 0.05) is 43.2 Å². The molecule has 0 aliphatic carbocycles. The zero-order chi connectivity index (χ0) is 20.7. The lowest BCUT2D eigenvalue weighted by atomic mass is 10.0. The molecule has 0 saturated carbocycles. The number of hydrogen-bond donors (Lipinski definition) is 1. The van der Waals surface area contributed by atoms with Crippen LogP contribution in [-0.4, -0.2) is 26.1 Å². The number of hydrogen-bond acceptors (Lipinski definition) is 6. The van der Waals surface area contributed by atoms with Crippen molar-refractivity contribution in [1.29, 1.82) is 0 Å². The molecule has 3 aromatic heterocycles. The fourth-order valence-corrected chi connectivity index (χ4v) is 3.73. The summed E-state index contributed by atoms with van der Waals surface area (Å²) in [5.41, 5.74) is 5.07. The van der Waals surface area contributed by atoms with E-state index in [1.807, 2.05) is 13.0 Å². The summed E-state index contributed by atoms with van der Waals surface area (Å²) in [6.45, 7) is 3.37. The van der Waals surface area contributed by atoms with Gasteiger partial charge in [-0.15, -0.1) is 5.10 Å². The molecule has 8 heteroatoms. The van der Waals surface area contributed by atoms with E-state index in [1.54, 1.807) is 18.3 Å². The van der Waals surface area contributed by atoms with Crippen LogP contribution in [0.2, 0.25) is 0 Å². The molecule has 0 bridgehead atoms. The molecule has 5 rings (SSSR count). The van der Waals surface area contributed by atoms with Crippen molar-refractivity contribution in [1.82, 2.24) is 19.6 Å². The zero-order valence-electron chi connectivity index (χ0n) is 16.3. The number of nitrogens with zero attached hydrogens (tertiary/aromatic N) is 5. The highest BCUT2D eigenvalue weighted by molar-refractivity contribution is 5.61. The first-order chi connectivity index (χ1) is 14.6. The molecular weight excluding hydrogens is 383 g/mol. The van der Waals surface area contributed by atoms with Gasteiger partial charge in [-0.25, -0.2) is 9.37 Å². The summed E-state index contributed by atoms with van der Waals surface area (Å²) in [5.74, 6) is 0.493. The summed E-state index contributed by atoms with van der Waals surface area (Å²) in [6.07, 6.45) is 4.08. The minimum atomic E-state index is -0.271.